The number of thiazole rings is 1. The lowest BCUT2D eigenvalue weighted by Gasteiger charge is -1.98. The Hall–Kier alpha value is -1.55. The van der Waals surface area contributed by atoms with E-state index in [9.17, 15) is 4.79 Å². The molecule has 2 heterocycles. The number of aryl methyl sites for hydroxylation is 2. The molecule has 0 aliphatic carbocycles. The van der Waals surface area contributed by atoms with Crippen molar-refractivity contribution in [1.29, 1.82) is 0 Å². The lowest BCUT2D eigenvalue weighted by molar-refractivity contribution is 0.0992. The zero-order valence-electron chi connectivity index (χ0n) is 9.23. The standard InChI is InChI=1S/C12H12N2OS/c1-8-3-4-10(6-13-8)11(15)5-12-14-9(2)7-16-12/h3-4,6-7H,5H2,1-2H3. The Balaban J connectivity index is 2.11. The van der Waals surface area contributed by atoms with Gasteiger partial charge in [-0.1, -0.05) is 0 Å². The van der Waals surface area contributed by atoms with Gasteiger partial charge >= 0.3 is 0 Å². The van der Waals surface area contributed by atoms with Crippen molar-refractivity contribution >= 4 is 17.1 Å². The fraction of sp³-hybridized carbons (Fsp3) is 0.250. The molecule has 0 amide bonds. The SMILES string of the molecule is Cc1ccc(C(=O)Cc2nc(C)cs2)cn1. The number of aromatic nitrogens is 2. The largest absolute Gasteiger partial charge is 0.294 e. The van der Waals surface area contributed by atoms with E-state index in [-0.39, 0.29) is 5.78 Å². The molecule has 82 valence electrons. The van der Waals surface area contributed by atoms with Crippen LogP contribution in [0.1, 0.15) is 26.8 Å². The van der Waals surface area contributed by atoms with Crippen molar-refractivity contribution < 1.29 is 4.79 Å². The molecule has 2 aromatic rings. The third-order valence-electron chi connectivity index (χ3n) is 2.21. The Morgan fingerprint density at radius 3 is 2.69 bits per heavy atom. The van der Waals surface area contributed by atoms with Gasteiger partial charge in [0.05, 0.1) is 6.42 Å². The molecule has 0 aromatic carbocycles. The third kappa shape index (κ3) is 2.52. The van der Waals surface area contributed by atoms with E-state index in [1.807, 2.05) is 31.4 Å². The number of Topliss-reactive ketones (excluding diaryl/α,β-unsaturated/α-hetero) is 1. The van der Waals surface area contributed by atoms with E-state index in [1.165, 1.54) is 11.3 Å². The van der Waals surface area contributed by atoms with Crippen molar-refractivity contribution in [3.8, 4) is 0 Å². The number of ketones is 1. The van der Waals surface area contributed by atoms with E-state index in [1.54, 1.807) is 6.20 Å². The van der Waals surface area contributed by atoms with Gasteiger partial charge in [0.15, 0.2) is 5.78 Å². The van der Waals surface area contributed by atoms with Crippen molar-refractivity contribution in [3.63, 3.8) is 0 Å². The van der Waals surface area contributed by atoms with E-state index >= 15 is 0 Å². The molecule has 3 nitrogen and oxygen atoms in total. The quantitative estimate of drug-likeness (QED) is 0.764. The third-order valence-corrected chi connectivity index (χ3v) is 3.18. The second-order valence-electron chi connectivity index (χ2n) is 3.67. The zero-order chi connectivity index (χ0) is 11.5. The molecular weight excluding hydrogens is 220 g/mol. The van der Waals surface area contributed by atoms with Crippen LogP contribution in [-0.2, 0) is 6.42 Å². The van der Waals surface area contributed by atoms with Crippen molar-refractivity contribution in [1.82, 2.24) is 9.97 Å². The summed E-state index contributed by atoms with van der Waals surface area (Å²) in [4.78, 5) is 20.2. The first kappa shape index (κ1) is 11.0. The summed E-state index contributed by atoms with van der Waals surface area (Å²) >= 11 is 1.52. The molecule has 2 aromatic heterocycles. The fourth-order valence-corrected chi connectivity index (χ4v) is 2.13. The first-order valence-electron chi connectivity index (χ1n) is 5.02. The highest BCUT2D eigenvalue weighted by atomic mass is 32.1. The van der Waals surface area contributed by atoms with Crippen LogP contribution in [0.15, 0.2) is 23.7 Å². The highest BCUT2D eigenvalue weighted by Crippen LogP contribution is 2.12. The Morgan fingerprint density at radius 1 is 1.31 bits per heavy atom. The second kappa shape index (κ2) is 4.53. The molecule has 0 aliphatic heterocycles. The van der Waals surface area contributed by atoms with Gasteiger partial charge in [0.25, 0.3) is 0 Å². The number of hydrogen-bond acceptors (Lipinski definition) is 4. The maximum Gasteiger partial charge on any atom is 0.171 e. The summed E-state index contributed by atoms with van der Waals surface area (Å²) in [5, 5.41) is 2.82. The molecule has 0 fully saturated rings. The number of hydrogen-bond donors (Lipinski definition) is 0. The van der Waals surface area contributed by atoms with Crippen LogP contribution in [0.2, 0.25) is 0 Å². The molecule has 0 saturated carbocycles. The van der Waals surface area contributed by atoms with Crippen LogP contribution in [0.5, 0.6) is 0 Å². The van der Waals surface area contributed by atoms with Crippen molar-refractivity contribution in [3.05, 3.63) is 45.7 Å². The molecule has 2 rings (SSSR count). The average Bonchev–Trinajstić information content (AvgIpc) is 2.65. The Morgan fingerprint density at radius 2 is 2.12 bits per heavy atom. The molecule has 4 heteroatoms. The number of pyridine rings is 1. The van der Waals surface area contributed by atoms with Gasteiger partial charge in [-0.05, 0) is 26.0 Å². The summed E-state index contributed by atoms with van der Waals surface area (Å²) in [6, 6.07) is 3.66. The molecule has 16 heavy (non-hydrogen) atoms. The summed E-state index contributed by atoms with van der Waals surface area (Å²) in [5.41, 5.74) is 2.54. The van der Waals surface area contributed by atoms with Crippen LogP contribution in [0.4, 0.5) is 0 Å². The predicted molar refractivity (Wildman–Crippen MR) is 63.9 cm³/mol. The topological polar surface area (TPSA) is 42.9 Å². The smallest absolute Gasteiger partial charge is 0.171 e. The minimum absolute atomic E-state index is 0.0712. The Bertz CT molecular complexity index is 502. The van der Waals surface area contributed by atoms with E-state index in [0.717, 1.165) is 16.4 Å². The van der Waals surface area contributed by atoms with Crippen molar-refractivity contribution in [2.45, 2.75) is 20.3 Å². The van der Waals surface area contributed by atoms with Gasteiger partial charge in [-0.15, -0.1) is 11.3 Å². The monoisotopic (exact) mass is 232 g/mol. The molecule has 0 bridgehead atoms. The van der Waals surface area contributed by atoms with Gasteiger partial charge in [0.1, 0.15) is 5.01 Å². The molecule has 0 aliphatic rings. The molecule has 0 radical (unpaired) electrons. The van der Waals surface area contributed by atoms with Gasteiger partial charge in [-0.3, -0.25) is 9.78 Å². The van der Waals surface area contributed by atoms with Gasteiger partial charge in [-0.25, -0.2) is 4.98 Å². The Kier molecular flexibility index (Phi) is 3.10. The van der Waals surface area contributed by atoms with E-state index in [2.05, 4.69) is 9.97 Å². The maximum absolute atomic E-state index is 11.9. The van der Waals surface area contributed by atoms with Crippen LogP contribution < -0.4 is 0 Å². The maximum atomic E-state index is 11.9. The average molecular weight is 232 g/mol. The minimum Gasteiger partial charge on any atom is -0.294 e. The number of carbonyl (C=O) groups excluding carboxylic acids is 1. The van der Waals surface area contributed by atoms with Crippen LogP contribution in [0.3, 0.4) is 0 Å². The van der Waals surface area contributed by atoms with Crippen LogP contribution in [0.25, 0.3) is 0 Å². The molecule has 0 saturated heterocycles. The molecule has 0 atom stereocenters. The minimum atomic E-state index is 0.0712. The highest BCUT2D eigenvalue weighted by Gasteiger charge is 2.09. The Labute approximate surface area is 98.2 Å². The van der Waals surface area contributed by atoms with Crippen molar-refractivity contribution in [2.24, 2.45) is 0 Å². The zero-order valence-corrected chi connectivity index (χ0v) is 10.0. The van der Waals surface area contributed by atoms with Crippen LogP contribution >= 0.6 is 11.3 Å². The van der Waals surface area contributed by atoms with Gasteiger partial charge in [0.2, 0.25) is 0 Å². The number of rotatable bonds is 3. The lowest BCUT2D eigenvalue weighted by atomic mass is 10.1. The summed E-state index contributed by atoms with van der Waals surface area (Å²) in [6.45, 7) is 3.83. The van der Waals surface area contributed by atoms with E-state index in [0.29, 0.717) is 12.0 Å². The first-order chi connectivity index (χ1) is 7.65. The summed E-state index contributed by atoms with van der Waals surface area (Å²) in [6.07, 6.45) is 1.99. The fourth-order valence-electron chi connectivity index (χ4n) is 1.36. The van der Waals surface area contributed by atoms with E-state index < -0.39 is 0 Å². The van der Waals surface area contributed by atoms with Crippen LogP contribution in [-0.4, -0.2) is 15.8 Å². The molecule has 0 spiro atoms. The summed E-state index contributed by atoms with van der Waals surface area (Å²) in [7, 11) is 0. The number of nitrogens with zero attached hydrogens (tertiary/aromatic N) is 2. The molecular formula is C12H12N2OS. The lowest BCUT2D eigenvalue weighted by Crippen LogP contribution is -2.04. The van der Waals surface area contributed by atoms with Gasteiger partial charge in [0, 0.05) is 28.5 Å². The normalized spacial score (nSPS) is 10.4. The van der Waals surface area contributed by atoms with E-state index in [4.69, 9.17) is 0 Å². The molecule has 0 N–H and O–H groups in total. The van der Waals surface area contributed by atoms with Gasteiger partial charge in [-0.2, -0.15) is 0 Å². The van der Waals surface area contributed by atoms with Gasteiger partial charge < -0.3 is 0 Å². The summed E-state index contributed by atoms with van der Waals surface area (Å²) < 4.78 is 0. The number of carbonyl (C=O) groups is 1. The second-order valence-corrected chi connectivity index (χ2v) is 4.61. The predicted octanol–water partition coefficient (Wildman–Crippen LogP) is 2.58. The molecule has 0 unspecified atom stereocenters. The van der Waals surface area contributed by atoms with Crippen molar-refractivity contribution in [2.75, 3.05) is 0 Å². The highest BCUT2D eigenvalue weighted by molar-refractivity contribution is 7.09. The first-order valence-corrected chi connectivity index (χ1v) is 5.90. The van der Waals surface area contributed by atoms with Crippen LogP contribution in [0, 0.1) is 13.8 Å². The summed E-state index contributed by atoms with van der Waals surface area (Å²) in [5.74, 6) is 0.0712.